The lowest BCUT2D eigenvalue weighted by Gasteiger charge is -2.25. The molecule has 108 valence electrons. The van der Waals surface area contributed by atoms with Crippen LogP contribution in [-0.4, -0.2) is 0 Å². The van der Waals surface area contributed by atoms with Crippen molar-refractivity contribution in [2.24, 2.45) is 5.41 Å². The lowest BCUT2D eigenvalue weighted by atomic mass is 9.81. The van der Waals surface area contributed by atoms with E-state index in [0.29, 0.717) is 12.0 Å². The van der Waals surface area contributed by atoms with Gasteiger partial charge in [-0.3, -0.25) is 0 Å². The summed E-state index contributed by atoms with van der Waals surface area (Å²) in [7, 11) is 0. The summed E-state index contributed by atoms with van der Waals surface area (Å²) in [5, 5.41) is 0. The second-order valence-corrected chi connectivity index (χ2v) is 7.36. The molecule has 0 aliphatic heterocycles. The average Bonchev–Trinajstić information content (AvgIpc) is 2.11. The van der Waals surface area contributed by atoms with Crippen molar-refractivity contribution < 1.29 is 13.2 Å². The molecule has 0 spiro atoms. The van der Waals surface area contributed by atoms with E-state index >= 15 is 0 Å². The molecule has 1 aromatic rings. The monoisotopic (exact) mass is 272 g/mol. The van der Waals surface area contributed by atoms with Gasteiger partial charge in [0.05, 0.1) is 5.56 Å². The van der Waals surface area contributed by atoms with Gasteiger partial charge in [0.1, 0.15) is 0 Å². The molecule has 0 aliphatic carbocycles. The van der Waals surface area contributed by atoms with E-state index in [9.17, 15) is 13.2 Å². The molecular weight excluding hydrogens is 249 g/mol. The molecular formula is C16H23F3. The van der Waals surface area contributed by atoms with E-state index in [1.54, 1.807) is 6.07 Å². The molecule has 0 aromatic heterocycles. The Morgan fingerprint density at radius 2 is 1.42 bits per heavy atom. The maximum absolute atomic E-state index is 13.2. The molecule has 0 radical (unpaired) electrons. The fraction of sp³-hybridized carbons (Fsp3) is 0.625. The van der Waals surface area contributed by atoms with Gasteiger partial charge in [-0.2, -0.15) is 13.2 Å². The third kappa shape index (κ3) is 4.55. The van der Waals surface area contributed by atoms with Gasteiger partial charge >= 0.3 is 6.18 Å². The maximum Gasteiger partial charge on any atom is 0.416 e. The highest BCUT2D eigenvalue weighted by atomic mass is 19.4. The highest BCUT2D eigenvalue weighted by molar-refractivity contribution is 5.37. The first kappa shape index (κ1) is 16.1. The Morgan fingerprint density at radius 3 is 1.79 bits per heavy atom. The second-order valence-electron chi connectivity index (χ2n) is 7.36. The normalized spacial score (nSPS) is 13.7. The number of alkyl halides is 3. The smallest absolute Gasteiger partial charge is 0.166 e. The van der Waals surface area contributed by atoms with E-state index in [2.05, 4.69) is 0 Å². The zero-order valence-electron chi connectivity index (χ0n) is 12.6. The van der Waals surface area contributed by atoms with Gasteiger partial charge in [-0.05, 0) is 34.4 Å². The Kier molecular flexibility index (Phi) is 4.09. The average molecular weight is 272 g/mol. The van der Waals surface area contributed by atoms with Crippen molar-refractivity contribution in [1.82, 2.24) is 0 Å². The summed E-state index contributed by atoms with van der Waals surface area (Å²) in [6, 6.07) is 4.76. The highest BCUT2D eigenvalue weighted by Gasteiger charge is 2.35. The number of benzene rings is 1. The van der Waals surface area contributed by atoms with Gasteiger partial charge in [0.25, 0.3) is 0 Å². The van der Waals surface area contributed by atoms with Crippen LogP contribution in [0.1, 0.15) is 58.2 Å². The van der Waals surface area contributed by atoms with E-state index < -0.39 is 11.7 Å². The summed E-state index contributed by atoms with van der Waals surface area (Å²) in [5.41, 5.74) is 0.170. The van der Waals surface area contributed by atoms with Gasteiger partial charge in [-0.1, -0.05) is 53.7 Å². The molecule has 0 saturated carbocycles. The van der Waals surface area contributed by atoms with Crippen molar-refractivity contribution in [1.29, 1.82) is 0 Å². The predicted octanol–water partition coefficient (Wildman–Crippen LogP) is 5.59. The van der Waals surface area contributed by atoms with Crippen LogP contribution in [0.3, 0.4) is 0 Å². The van der Waals surface area contributed by atoms with Crippen LogP contribution < -0.4 is 0 Å². The van der Waals surface area contributed by atoms with Crippen molar-refractivity contribution >= 4 is 0 Å². The summed E-state index contributed by atoms with van der Waals surface area (Å²) in [6.07, 6.45) is -3.87. The molecule has 0 amide bonds. The standard InChI is InChI=1S/C16H23F3/c1-14(2,3)10-11-7-8-12(15(4,5)6)9-13(11)16(17,18)19/h7-9H,10H2,1-6H3. The molecule has 0 nitrogen and oxygen atoms in total. The Bertz CT molecular complexity index is 443. The summed E-state index contributed by atoms with van der Waals surface area (Å²) in [6.45, 7) is 11.6. The molecule has 3 heteroatoms. The van der Waals surface area contributed by atoms with Crippen LogP contribution in [0, 0.1) is 5.41 Å². The van der Waals surface area contributed by atoms with Gasteiger partial charge < -0.3 is 0 Å². The van der Waals surface area contributed by atoms with Crippen molar-refractivity contribution in [3.05, 3.63) is 34.9 Å². The SMILES string of the molecule is CC(C)(C)Cc1ccc(C(C)(C)C)cc1C(F)(F)F. The largest absolute Gasteiger partial charge is 0.416 e. The number of hydrogen-bond acceptors (Lipinski definition) is 0. The number of hydrogen-bond donors (Lipinski definition) is 0. The third-order valence-electron chi connectivity index (χ3n) is 3.00. The van der Waals surface area contributed by atoms with Crippen molar-refractivity contribution in [2.75, 3.05) is 0 Å². The molecule has 0 bridgehead atoms. The van der Waals surface area contributed by atoms with E-state index in [0.717, 1.165) is 5.56 Å². The van der Waals surface area contributed by atoms with Gasteiger partial charge in [0, 0.05) is 0 Å². The molecule has 0 N–H and O–H groups in total. The minimum absolute atomic E-state index is 0.163. The Morgan fingerprint density at radius 1 is 0.895 bits per heavy atom. The van der Waals surface area contributed by atoms with Crippen molar-refractivity contribution in [3.63, 3.8) is 0 Å². The lowest BCUT2D eigenvalue weighted by Crippen LogP contribution is -2.18. The van der Waals surface area contributed by atoms with Crippen LogP contribution in [0.5, 0.6) is 0 Å². The molecule has 0 atom stereocenters. The molecule has 1 rings (SSSR count). The van der Waals surface area contributed by atoms with E-state index in [-0.39, 0.29) is 10.8 Å². The summed E-state index contributed by atoms with van der Waals surface area (Å²) in [4.78, 5) is 0. The van der Waals surface area contributed by atoms with E-state index in [1.165, 1.54) is 6.07 Å². The third-order valence-corrected chi connectivity index (χ3v) is 3.00. The summed E-state index contributed by atoms with van der Waals surface area (Å²) >= 11 is 0. The topological polar surface area (TPSA) is 0 Å². The lowest BCUT2D eigenvalue weighted by molar-refractivity contribution is -0.138. The fourth-order valence-electron chi connectivity index (χ4n) is 2.03. The quantitative estimate of drug-likeness (QED) is 0.625. The Labute approximate surface area is 114 Å². The molecule has 1 aromatic carbocycles. The zero-order chi connectivity index (χ0) is 15.1. The van der Waals surface area contributed by atoms with Crippen LogP contribution in [0.15, 0.2) is 18.2 Å². The summed E-state index contributed by atoms with van der Waals surface area (Å²) < 4.78 is 39.6. The van der Waals surface area contributed by atoms with Gasteiger partial charge in [-0.25, -0.2) is 0 Å². The Hall–Kier alpha value is -0.990. The Balaban J connectivity index is 3.34. The van der Waals surface area contributed by atoms with E-state index in [4.69, 9.17) is 0 Å². The van der Waals surface area contributed by atoms with Crippen LogP contribution in [0.25, 0.3) is 0 Å². The van der Waals surface area contributed by atoms with Gasteiger partial charge in [-0.15, -0.1) is 0 Å². The van der Waals surface area contributed by atoms with Crippen LogP contribution in [0.2, 0.25) is 0 Å². The summed E-state index contributed by atoms with van der Waals surface area (Å²) in [5.74, 6) is 0. The molecule has 19 heavy (non-hydrogen) atoms. The van der Waals surface area contributed by atoms with Crippen LogP contribution in [-0.2, 0) is 18.0 Å². The van der Waals surface area contributed by atoms with Crippen molar-refractivity contribution in [2.45, 2.75) is 59.6 Å². The van der Waals surface area contributed by atoms with Crippen molar-refractivity contribution in [3.8, 4) is 0 Å². The predicted molar refractivity (Wildman–Crippen MR) is 73.3 cm³/mol. The molecule has 0 fully saturated rings. The van der Waals surface area contributed by atoms with Crippen LogP contribution in [0.4, 0.5) is 13.2 Å². The molecule has 0 aliphatic rings. The maximum atomic E-state index is 13.2. The van der Waals surface area contributed by atoms with Crippen LogP contribution >= 0.6 is 0 Å². The van der Waals surface area contributed by atoms with Gasteiger partial charge in [0.15, 0.2) is 0 Å². The fourth-order valence-corrected chi connectivity index (χ4v) is 2.03. The number of halogens is 3. The van der Waals surface area contributed by atoms with E-state index in [1.807, 2.05) is 47.6 Å². The molecule has 0 saturated heterocycles. The molecule has 0 heterocycles. The first-order valence-electron chi connectivity index (χ1n) is 6.51. The van der Waals surface area contributed by atoms with Gasteiger partial charge in [0.2, 0.25) is 0 Å². The number of rotatable bonds is 1. The minimum atomic E-state index is -4.29. The first-order valence-corrected chi connectivity index (χ1v) is 6.51. The minimum Gasteiger partial charge on any atom is -0.166 e. The first-order chi connectivity index (χ1) is 8.31. The molecule has 0 unspecified atom stereocenters. The highest BCUT2D eigenvalue weighted by Crippen LogP contribution is 2.37. The second kappa shape index (κ2) is 4.84. The zero-order valence-corrected chi connectivity index (χ0v) is 12.6.